The molecule has 2 aromatic carbocycles. The van der Waals surface area contributed by atoms with Gasteiger partial charge < -0.3 is 25.1 Å². The van der Waals surface area contributed by atoms with Crippen molar-refractivity contribution < 1.29 is 24.5 Å². The Balaban J connectivity index is 2.54. The lowest BCUT2D eigenvalue weighted by Gasteiger charge is -2.26. The van der Waals surface area contributed by atoms with E-state index in [0.717, 1.165) is 17.5 Å². The lowest BCUT2D eigenvalue weighted by Crippen LogP contribution is -2.35. The average molecular weight is 395 g/mol. The number of carboxylic acids is 2. The normalized spacial score (nSPS) is 11.3. The summed E-state index contributed by atoms with van der Waals surface area (Å²) in [6.45, 7) is 3.35. The number of hydrogen-bond donors (Lipinski definition) is 2. The molecule has 0 aromatic heterocycles. The second kappa shape index (κ2) is 10.1. The maximum absolute atomic E-state index is 12.0. The minimum Gasteiger partial charge on any atom is -0.548 e. The second-order valence-electron chi connectivity index (χ2n) is 6.54. The van der Waals surface area contributed by atoms with Crippen LogP contribution in [0.4, 0.5) is 5.69 Å². The third-order valence-electron chi connectivity index (χ3n) is 4.39. The van der Waals surface area contributed by atoms with Crippen molar-refractivity contribution in [1.82, 2.24) is 0 Å². The summed E-state index contributed by atoms with van der Waals surface area (Å²) in [6, 6.07) is 10.7. The monoisotopic (exact) mass is 395 g/mol. The topological polar surface area (TPSA) is 122 Å². The van der Waals surface area contributed by atoms with Gasteiger partial charge in [-0.3, -0.25) is 0 Å². The fourth-order valence-corrected chi connectivity index (χ4v) is 3.04. The van der Waals surface area contributed by atoms with Crippen molar-refractivity contribution >= 4 is 17.6 Å². The Hall–Kier alpha value is -3.53. The summed E-state index contributed by atoms with van der Waals surface area (Å²) in [4.78, 5) is 23.0. The van der Waals surface area contributed by atoms with Crippen LogP contribution >= 0.6 is 0 Å². The van der Waals surface area contributed by atoms with Gasteiger partial charge in [0.05, 0.1) is 23.6 Å². The number of ether oxygens (including phenoxy) is 1. The first kappa shape index (κ1) is 21.8. The Kier molecular flexibility index (Phi) is 7.61. The first-order valence-corrected chi connectivity index (χ1v) is 9.37. The van der Waals surface area contributed by atoms with E-state index in [1.165, 1.54) is 0 Å². The minimum atomic E-state index is -1.37. The van der Waals surface area contributed by atoms with Gasteiger partial charge in [-0.05, 0) is 54.3 Å². The predicted octanol–water partition coefficient (Wildman–Crippen LogP) is 2.44. The predicted molar refractivity (Wildman–Crippen MR) is 105 cm³/mol. The fraction of sp³-hybridized carbons (Fsp3) is 0.318. The molecule has 0 aliphatic carbocycles. The molecule has 0 amide bonds. The summed E-state index contributed by atoms with van der Waals surface area (Å²) in [5.41, 5.74) is 2.93. The highest BCUT2D eigenvalue weighted by Crippen LogP contribution is 2.34. The summed E-state index contributed by atoms with van der Waals surface area (Å²) in [6.07, 6.45) is 2.08. The number of aliphatic carboxylic acids is 2. The van der Waals surface area contributed by atoms with Gasteiger partial charge in [-0.1, -0.05) is 26.3 Å². The van der Waals surface area contributed by atoms with Crippen LogP contribution in [-0.4, -0.2) is 23.7 Å². The van der Waals surface area contributed by atoms with E-state index in [-0.39, 0.29) is 5.75 Å². The van der Waals surface area contributed by atoms with Gasteiger partial charge in [0.2, 0.25) is 0 Å². The summed E-state index contributed by atoms with van der Waals surface area (Å²) in [5, 5.41) is 32.8. The van der Waals surface area contributed by atoms with Crippen molar-refractivity contribution in [2.45, 2.75) is 39.2 Å². The Labute approximate surface area is 169 Å². The SMILES string of the molecule is CCCc1cc(CC)cc(C(Nc2ccc(C#N)cc2)C(=O)[O-])c1OCC(=O)O. The third kappa shape index (κ3) is 5.72. The van der Waals surface area contributed by atoms with Crippen LogP contribution in [-0.2, 0) is 22.4 Å². The van der Waals surface area contributed by atoms with Gasteiger partial charge in [-0.25, -0.2) is 4.79 Å². The highest BCUT2D eigenvalue weighted by molar-refractivity contribution is 5.79. The number of anilines is 1. The van der Waals surface area contributed by atoms with Crippen LogP contribution in [0.3, 0.4) is 0 Å². The van der Waals surface area contributed by atoms with Crippen molar-refractivity contribution in [3.05, 3.63) is 58.7 Å². The standard InChI is InChI=1S/C22H24N2O5/c1-3-5-16-10-14(4-2)11-18(21(16)29-13-19(25)26)20(22(27)28)24-17-8-6-15(12-23)7-9-17/h6-11,20,24H,3-5,13H2,1-2H3,(H,25,26)(H,27,28)/p-1. The van der Waals surface area contributed by atoms with Crippen LogP contribution in [0, 0.1) is 11.3 Å². The molecule has 152 valence electrons. The van der Waals surface area contributed by atoms with E-state index in [2.05, 4.69) is 5.32 Å². The van der Waals surface area contributed by atoms with Gasteiger partial charge in [0.15, 0.2) is 6.61 Å². The molecule has 0 spiro atoms. The second-order valence-corrected chi connectivity index (χ2v) is 6.54. The van der Waals surface area contributed by atoms with E-state index >= 15 is 0 Å². The molecule has 1 atom stereocenters. The van der Waals surface area contributed by atoms with E-state index in [0.29, 0.717) is 29.7 Å². The molecule has 7 heteroatoms. The number of aryl methyl sites for hydroxylation is 2. The summed E-state index contributed by atoms with van der Waals surface area (Å²) in [5.74, 6) is -2.27. The number of rotatable bonds is 10. The lowest BCUT2D eigenvalue weighted by atomic mass is 9.95. The first-order chi connectivity index (χ1) is 13.9. The number of carboxylic acid groups (broad SMARTS) is 2. The van der Waals surface area contributed by atoms with Crippen molar-refractivity contribution in [1.29, 1.82) is 5.26 Å². The molecule has 0 fully saturated rings. The van der Waals surface area contributed by atoms with Gasteiger partial charge in [0.25, 0.3) is 0 Å². The maximum Gasteiger partial charge on any atom is 0.341 e. The number of hydrogen-bond acceptors (Lipinski definition) is 6. The van der Waals surface area contributed by atoms with Gasteiger partial charge >= 0.3 is 5.97 Å². The minimum absolute atomic E-state index is 0.252. The molecule has 2 N–H and O–H groups in total. The zero-order chi connectivity index (χ0) is 21.4. The van der Waals surface area contributed by atoms with Gasteiger partial charge in [-0.15, -0.1) is 0 Å². The zero-order valence-electron chi connectivity index (χ0n) is 16.4. The first-order valence-electron chi connectivity index (χ1n) is 9.37. The molecule has 0 saturated carbocycles. The number of benzene rings is 2. The van der Waals surface area contributed by atoms with Gasteiger partial charge in [0, 0.05) is 11.3 Å². The molecule has 1 unspecified atom stereocenters. The van der Waals surface area contributed by atoms with Gasteiger partial charge in [-0.2, -0.15) is 5.26 Å². The Morgan fingerprint density at radius 1 is 1.24 bits per heavy atom. The van der Waals surface area contributed by atoms with Crippen molar-refractivity contribution in [2.24, 2.45) is 0 Å². The van der Waals surface area contributed by atoms with E-state index < -0.39 is 24.6 Å². The fourth-order valence-electron chi connectivity index (χ4n) is 3.04. The van der Waals surface area contributed by atoms with E-state index in [9.17, 15) is 14.7 Å². The molecule has 0 aliphatic heterocycles. The summed E-state index contributed by atoms with van der Waals surface area (Å²) in [7, 11) is 0. The molecule has 0 saturated heterocycles. The molecular weight excluding hydrogens is 372 g/mol. The summed E-state index contributed by atoms with van der Waals surface area (Å²) < 4.78 is 5.51. The van der Waals surface area contributed by atoms with Crippen molar-refractivity contribution in [3.63, 3.8) is 0 Å². The highest BCUT2D eigenvalue weighted by atomic mass is 16.5. The molecule has 0 heterocycles. The average Bonchev–Trinajstić information content (AvgIpc) is 2.70. The molecular formula is C22H23N2O5-. The van der Waals surface area contributed by atoms with Crippen LogP contribution in [0.2, 0.25) is 0 Å². The van der Waals surface area contributed by atoms with E-state index in [1.807, 2.05) is 26.0 Å². The molecule has 29 heavy (non-hydrogen) atoms. The quantitative estimate of drug-likeness (QED) is 0.633. The van der Waals surface area contributed by atoms with Crippen LogP contribution in [0.1, 0.15) is 48.6 Å². The third-order valence-corrected chi connectivity index (χ3v) is 4.39. The molecule has 0 radical (unpaired) electrons. The largest absolute Gasteiger partial charge is 0.548 e. The Morgan fingerprint density at radius 2 is 1.93 bits per heavy atom. The summed E-state index contributed by atoms with van der Waals surface area (Å²) >= 11 is 0. The van der Waals surface area contributed by atoms with E-state index in [4.69, 9.17) is 15.1 Å². The molecule has 0 bridgehead atoms. The number of nitrogens with one attached hydrogen (secondary N) is 1. The number of carbonyl (C=O) groups is 2. The van der Waals surface area contributed by atoms with Crippen LogP contribution in [0.15, 0.2) is 36.4 Å². The van der Waals surface area contributed by atoms with Crippen LogP contribution < -0.4 is 15.2 Å². The number of carbonyl (C=O) groups excluding carboxylic acids is 1. The van der Waals surface area contributed by atoms with Crippen molar-refractivity contribution in [2.75, 3.05) is 11.9 Å². The lowest BCUT2D eigenvalue weighted by molar-refractivity contribution is -0.307. The zero-order valence-corrected chi connectivity index (χ0v) is 16.4. The van der Waals surface area contributed by atoms with Crippen molar-refractivity contribution in [3.8, 4) is 11.8 Å². The van der Waals surface area contributed by atoms with Gasteiger partial charge in [0.1, 0.15) is 5.75 Å². The van der Waals surface area contributed by atoms with E-state index in [1.54, 1.807) is 30.3 Å². The smallest absolute Gasteiger partial charge is 0.341 e. The number of nitrogens with zero attached hydrogens (tertiary/aromatic N) is 1. The molecule has 7 nitrogen and oxygen atoms in total. The van der Waals surface area contributed by atoms with Crippen LogP contribution in [0.5, 0.6) is 5.75 Å². The molecule has 2 aromatic rings. The Morgan fingerprint density at radius 3 is 2.45 bits per heavy atom. The number of nitriles is 1. The highest BCUT2D eigenvalue weighted by Gasteiger charge is 2.22. The molecule has 0 aliphatic rings. The van der Waals surface area contributed by atoms with Crippen LogP contribution in [0.25, 0.3) is 0 Å². The Bertz CT molecular complexity index is 916. The molecule has 2 rings (SSSR count). The maximum atomic E-state index is 12.0.